The Labute approximate surface area is 205 Å². The third-order valence-electron chi connectivity index (χ3n) is 5.07. The normalized spacial score (nSPS) is 11.5. The number of aryl methyl sites for hydroxylation is 2. The summed E-state index contributed by atoms with van der Waals surface area (Å²) in [6, 6.07) is 14.8. The molecule has 34 heavy (non-hydrogen) atoms. The zero-order valence-corrected chi connectivity index (χ0v) is 20.9. The molecule has 0 spiro atoms. The van der Waals surface area contributed by atoms with Crippen LogP contribution in [0.5, 0.6) is 5.88 Å². The molecule has 3 aromatic heterocycles. The van der Waals surface area contributed by atoms with Gasteiger partial charge in [0.1, 0.15) is 22.5 Å². The molecule has 0 amide bonds. The smallest absolute Gasteiger partial charge is 0.276 e. The Morgan fingerprint density at radius 2 is 1.82 bits per heavy atom. The average molecular weight is 522 g/mol. The largest absolute Gasteiger partial charge is 0.470 e. The zero-order valence-electron chi connectivity index (χ0n) is 19.3. The zero-order chi connectivity index (χ0) is 24.5. The predicted octanol–water partition coefficient (Wildman–Crippen LogP) is 4.27. The van der Waals surface area contributed by atoms with Crippen LogP contribution in [0, 0.1) is 13.8 Å². The van der Waals surface area contributed by atoms with Crippen molar-refractivity contribution < 1.29 is 9.84 Å². The minimum atomic E-state index is -1.17. The molecule has 0 unspecified atom stereocenters. The van der Waals surface area contributed by atoms with E-state index in [-0.39, 0.29) is 22.5 Å². The molecule has 174 valence electrons. The van der Waals surface area contributed by atoms with Crippen molar-refractivity contribution in [2.45, 2.75) is 39.9 Å². The summed E-state index contributed by atoms with van der Waals surface area (Å²) in [5.74, 6) is 0.999. The summed E-state index contributed by atoms with van der Waals surface area (Å²) in [4.78, 5) is 30.8. The Kier molecular flexibility index (Phi) is 6.58. The van der Waals surface area contributed by atoms with E-state index in [2.05, 4.69) is 35.9 Å². The van der Waals surface area contributed by atoms with Gasteiger partial charge in [0.2, 0.25) is 5.88 Å². The SMILES string of the molecule is Cc1cccc(COc2nc(C)n(-c3cccc(-c4ccnc(C(C)(C)O)n4)c3)c(=O)c2Br)n1. The molecule has 1 aromatic carbocycles. The van der Waals surface area contributed by atoms with Gasteiger partial charge in [-0.1, -0.05) is 18.2 Å². The maximum Gasteiger partial charge on any atom is 0.276 e. The molecule has 0 aliphatic carbocycles. The maximum atomic E-state index is 13.2. The van der Waals surface area contributed by atoms with Crippen molar-refractivity contribution in [3.05, 3.63) is 92.6 Å². The van der Waals surface area contributed by atoms with Crippen LogP contribution in [-0.2, 0) is 12.2 Å². The van der Waals surface area contributed by atoms with Crippen molar-refractivity contribution in [2.75, 3.05) is 0 Å². The highest BCUT2D eigenvalue weighted by Crippen LogP contribution is 2.25. The molecule has 8 nitrogen and oxygen atoms in total. The van der Waals surface area contributed by atoms with E-state index < -0.39 is 5.60 Å². The van der Waals surface area contributed by atoms with Gasteiger partial charge in [0.05, 0.1) is 17.1 Å². The molecule has 4 aromatic rings. The van der Waals surface area contributed by atoms with Crippen LogP contribution in [-0.4, -0.2) is 29.6 Å². The highest BCUT2D eigenvalue weighted by molar-refractivity contribution is 9.10. The van der Waals surface area contributed by atoms with Gasteiger partial charge in [0.25, 0.3) is 5.56 Å². The van der Waals surface area contributed by atoms with Crippen LogP contribution in [0.3, 0.4) is 0 Å². The first-order valence-corrected chi connectivity index (χ1v) is 11.4. The van der Waals surface area contributed by atoms with Crippen molar-refractivity contribution >= 4 is 15.9 Å². The van der Waals surface area contributed by atoms with E-state index >= 15 is 0 Å². The van der Waals surface area contributed by atoms with E-state index in [1.54, 1.807) is 33.0 Å². The van der Waals surface area contributed by atoms with Gasteiger partial charge in [-0.05, 0) is 74.0 Å². The van der Waals surface area contributed by atoms with Gasteiger partial charge in [0.15, 0.2) is 5.82 Å². The lowest BCUT2D eigenvalue weighted by Gasteiger charge is -2.16. The summed E-state index contributed by atoms with van der Waals surface area (Å²) >= 11 is 3.36. The molecule has 1 N–H and O–H groups in total. The summed E-state index contributed by atoms with van der Waals surface area (Å²) < 4.78 is 7.52. The Hall–Kier alpha value is -3.43. The number of rotatable bonds is 6. The lowest BCUT2D eigenvalue weighted by Crippen LogP contribution is -2.24. The van der Waals surface area contributed by atoms with Crippen LogP contribution in [0.1, 0.15) is 36.9 Å². The first-order valence-electron chi connectivity index (χ1n) is 10.6. The van der Waals surface area contributed by atoms with Gasteiger partial charge in [-0.15, -0.1) is 0 Å². The van der Waals surface area contributed by atoms with E-state index in [0.29, 0.717) is 23.0 Å². The first kappa shape index (κ1) is 23.7. The van der Waals surface area contributed by atoms with Gasteiger partial charge in [-0.2, -0.15) is 4.98 Å². The molecule has 0 fully saturated rings. The Bertz CT molecular complexity index is 1410. The standard InChI is InChI=1S/C25H24BrN5O3/c1-15-7-5-9-18(28-15)14-34-22-21(26)23(32)31(16(2)29-22)19-10-6-8-17(13-19)20-11-12-27-24(30-20)25(3,4)33/h5-13,33H,14H2,1-4H3. The summed E-state index contributed by atoms with van der Waals surface area (Å²) in [5.41, 5.74) is 2.22. The Balaban J connectivity index is 1.68. The molecule has 0 aliphatic rings. The Morgan fingerprint density at radius 3 is 2.56 bits per heavy atom. The predicted molar refractivity (Wildman–Crippen MR) is 132 cm³/mol. The van der Waals surface area contributed by atoms with E-state index in [1.807, 2.05) is 49.4 Å². The summed E-state index contributed by atoms with van der Waals surface area (Å²) in [7, 11) is 0. The van der Waals surface area contributed by atoms with E-state index in [9.17, 15) is 9.90 Å². The molecule has 0 bridgehead atoms. The van der Waals surface area contributed by atoms with Gasteiger partial charge in [0, 0.05) is 17.5 Å². The third-order valence-corrected chi connectivity index (χ3v) is 5.75. The fraction of sp³-hybridized carbons (Fsp3) is 0.240. The lowest BCUT2D eigenvalue weighted by atomic mass is 10.1. The highest BCUT2D eigenvalue weighted by atomic mass is 79.9. The molecule has 9 heteroatoms. The Morgan fingerprint density at radius 1 is 1.06 bits per heavy atom. The van der Waals surface area contributed by atoms with Crippen LogP contribution in [0.25, 0.3) is 16.9 Å². The molecule has 0 saturated heterocycles. The van der Waals surface area contributed by atoms with Crippen molar-refractivity contribution in [1.29, 1.82) is 0 Å². The molecular formula is C25H24BrN5O3. The maximum absolute atomic E-state index is 13.2. The number of pyridine rings is 1. The summed E-state index contributed by atoms with van der Waals surface area (Å²) in [6.45, 7) is 7.11. The number of hydrogen-bond donors (Lipinski definition) is 1. The fourth-order valence-corrected chi connectivity index (χ4v) is 3.80. The molecule has 0 saturated carbocycles. The molecular weight excluding hydrogens is 498 g/mol. The summed E-state index contributed by atoms with van der Waals surface area (Å²) in [5, 5.41) is 10.3. The number of aliphatic hydroxyl groups is 1. The molecule has 3 heterocycles. The van der Waals surface area contributed by atoms with Crippen molar-refractivity contribution in [3.63, 3.8) is 0 Å². The first-order chi connectivity index (χ1) is 16.1. The minimum Gasteiger partial charge on any atom is -0.470 e. The van der Waals surface area contributed by atoms with E-state index in [4.69, 9.17) is 4.74 Å². The van der Waals surface area contributed by atoms with Crippen LogP contribution >= 0.6 is 15.9 Å². The number of hydrogen-bond acceptors (Lipinski definition) is 7. The monoisotopic (exact) mass is 521 g/mol. The number of benzene rings is 1. The lowest BCUT2D eigenvalue weighted by molar-refractivity contribution is 0.0688. The quantitative estimate of drug-likeness (QED) is 0.404. The minimum absolute atomic E-state index is 0.197. The molecule has 0 radical (unpaired) electrons. The number of ether oxygens (including phenoxy) is 1. The number of aromatic nitrogens is 5. The molecule has 4 rings (SSSR count). The number of nitrogens with zero attached hydrogens (tertiary/aromatic N) is 5. The second-order valence-corrected chi connectivity index (χ2v) is 9.15. The van der Waals surface area contributed by atoms with Crippen LogP contribution in [0.2, 0.25) is 0 Å². The van der Waals surface area contributed by atoms with Gasteiger partial charge >= 0.3 is 0 Å². The van der Waals surface area contributed by atoms with Crippen LogP contribution in [0.15, 0.2) is 64.0 Å². The second-order valence-electron chi connectivity index (χ2n) is 8.35. The van der Waals surface area contributed by atoms with Crippen molar-refractivity contribution in [2.24, 2.45) is 0 Å². The number of halogens is 1. The van der Waals surface area contributed by atoms with E-state index in [1.165, 1.54) is 4.57 Å². The molecule has 0 aliphatic heterocycles. The van der Waals surface area contributed by atoms with Gasteiger partial charge < -0.3 is 9.84 Å². The van der Waals surface area contributed by atoms with E-state index in [0.717, 1.165) is 17.0 Å². The topological polar surface area (TPSA) is 103 Å². The fourth-order valence-electron chi connectivity index (χ4n) is 3.42. The second kappa shape index (κ2) is 9.44. The summed E-state index contributed by atoms with van der Waals surface area (Å²) in [6.07, 6.45) is 1.60. The molecule has 0 atom stereocenters. The van der Waals surface area contributed by atoms with Crippen LogP contribution in [0.4, 0.5) is 0 Å². The van der Waals surface area contributed by atoms with Gasteiger partial charge in [-0.25, -0.2) is 9.97 Å². The van der Waals surface area contributed by atoms with Crippen molar-refractivity contribution in [3.8, 4) is 22.8 Å². The highest BCUT2D eigenvalue weighted by Gasteiger charge is 2.20. The van der Waals surface area contributed by atoms with Crippen LogP contribution < -0.4 is 10.3 Å². The third kappa shape index (κ3) is 5.05. The average Bonchev–Trinajstić information content (AvgIpc) is 2.80. The van der Waals surface area contributed by atoms with Gasteiger partial charge in [-0.3, -0.25) is 14.3 Å². The van der Waals surface area contributed by atoms with Crippen molar-refractivity contribution in [1.82, 2.24) is 24.5 Å².